The van der Waals surface area contributed by atoms with E-state index in [9.17, 15) is 4.79 Å². The highest BCUT2D eigenvalue weighted by atomic mass is 16.6. The summed E-state index contributed by atoms with van der Waals surface area (Å²) in [5.41, 5.74) is 0. The number of carboxylic acid groups (broad SMARTS) is 1. The largest absolute Gasteiger partial charge is 0.492 e. The van der Waals surface area contributed by atoms with Crippen LogP contribution in [0, 0.1) is 0 Å². The van der Waals surface area contributed by atoms with Gasteiger partial charge in [-0.25, -0.2) is 4.79 Å². The Morgan fingerprint density at radius 2 is 2.00 bits per heavy atom. The lowest BCUT2D eigenvalue weighted by molar-refractivity contribution is -0.0640. The first kappa shape index (κ1) is 14.3. The number of amides is 1. The van der Waals surface area contributed by atoms with Gasteiger partial charge in [-0.2, -0.15) is 5.06 Å². The molecule has 3 N–H and O–H groups in total. The second kappa shape index (κ2) is 8.32. The fourth-order valence-corrected chi connectivity index (χ4v) is 1.33. The van der Waals surface area contributed by atoms with E-state index in [-0.39, 0.29) is 11.6 Å². The maximum Gasteiger partial charge on any atom is 0.431 e. The van der Waals surface area contributed by atoms with E-state index in [0.717, 1.165) is 5.75 Å². The summed E-state index contributed by atoms with van der Waals surface area (Å²) in [6.45, 7) is 1.95. The molecule has 0 bridgehead atoms. The number of nitrogens with one attached hydrogen (secondary N) is 1. The predicted octanol–water partition coefficient (Wildman–Crippen LogP) is 1.41. The Kier molecular flexibility index (Phi) is 6.60. The maximum absolute atomic E-state index is 10.3. The van der Waals surface area contributed by atoms with E-state index in [1.54, 1.807) is 0 Å². The Balaban J connectivity index is 1.95. The molecule has 0 aliphatic carbocycles. The molecule has 18 heavy (non-hydrogen) atoms. The van der Waals surface area contributed by atoms with E-state index in [0.29, 0.717) is 26.1 Å². The van der Waals surface area contributed by atoms with E-state index in [1.807, 2.05) is 30.3 Å². The lowest BCUT2D eigenvalue weighted by atomic mass is 10.3. The van der Waals surface area contributed by atoms with Crippen LogP contribution in [0.5, 0.6) is 5.75 Å². The van der Waals surface area contributed by atoms with Gasteiger partial charge in [-0.05, 0) is 25.1 Å². The summed E-state index contributed by atoms with van der Waals surface area (Å²) in [6.07, 6.45) is -0.781. The molecule has 1 rings (SSSR count). The van der Waals surface area contributed by atoms with E-state index in [4.69, 9.17) is 15.1 Å². The van der Waals surface area contributed by atoms with Gasteiger partial charge in [0.05, 0.1) is 6.54 Å². The van der Waals surface area contributed by atoms with Crippen molar-refractivity contribution >= 4 is 6.09 Å². The summed E-state index contributed by atoms with van der Waals surface area (Å²) in [4.78, 5) is 10.3. The molecular weight excluding hydrogens is 236 g/mol. The normalized spacial score (nSPS) is 10.1. The van der Waals surface area contributed by atoms with E-state index < -0.39 is 6.09 Å². The molecule has 1 aromatic rings. The van der Waals surface area contributed by atoms with Crippen molar-refractivity contribution in [2.45, 2.75) is 6.42 Å². The number of hydroxylamine groups is 2. The molecule has 0 spiro atoms. The number of hydrogen-bond donors (Lipinski definition) is 3. The first-order chi connectivity index (χ1) is 8.70. The number of para-hydroxylation sites is 1. The number of carbonyl (C=O) groups is 1. The number of nitrogens with zero attached hydrogens (tertiary/aromatic N) is 1. The minimum Gasteiger partial charge on any atom is -0.492 e. The first-order valence-corrected chi connectivity index (χ1v) is 5.78. The summed E-state index contributed by atoms with van der Waals surface area (Å²) in [5, 5.41) is 20.6. The first-order valence-electron chi connectivity index (χ1n) is 5.78. The molecule has 1 amide bonds. The van der Waals surface area contributed by atoms with Crippen molar-refractivity contribution in [3.05, 3.63) is 30.3 Å². The van der Waals surface area contributed by atoms with Crippen molar-refractivity contribution in [1.82, 2.24) is 10.4 Å². The molecule has 0 aliphatic heterocycles. The maximum atomic E-state index is 10.3. The van der Waals surface area contributed by atoms with Crippen LogP contribution in [0.25, 0.3) is 0 Å². The predicted molar refractivity (Wildman–Crippen MR) is 65.9 cm³/mol. The molecule has 0 atom stereocenters. The van der Waals surface area contributed by atoms with Crippen LogP contribution in [0.4, 0.5) is 4.79 Å². The zero-order chi connectivity index (χ0) is 13.2. The standard InChI is InChI=1S/C12H18N2O4/c15-12(16)14(17)9-4-7-13-8-10-18-11-5-2-1-3-6-11/h1-3,5-6,13,17H,4,7-10H2,(H,15,16). The van der Waals surface area contributed by atoms with Crippen LogP contribution in [0.1, 0.15) is 6.42 Å². The van der Waals surface area contributed by atoms with Crippen LogP contribution >= 0.6 is 0 Å². The van der Waals surface area contributed by atoms with E-state index in [2.05, 4.69) is 5.32 Å². The zero-order valence-electron chi connectivity index (χ0n) is 10.1. The molecule has 0 saturated heterocycles. The highest BCUT2D eigenvalue weighted by Gasteiger charge is 2.05. The molecule has 1 aromatic carbocycles. The molecule has 0 heterocycles. The van der Waals surface area contributed by atoms with Crippen molar-refractivity contribution in [1.29, 1.82) is 0 Å². The second-order valence-corrected chi connectivity index (χ2v) is 3.67. The van der Waals surface area contributed by atoms with Crippen molar-refractivity contribution in [2.24, 2.45) is 0 Å². The van der Waals surface area contributed by atoms with E-state index in [1.165, 1.54) is 0 Å². The van der Waals surface area contributed by atoms with Crippen LogP contribution in [0.15, 0.2) is 30.3 Å². The van der Waals surface area contributed by atoms with Crippen molar-refractivity contribution in [3.63, 3.8) is 0 Å². The lowest BCUT2D eigenvalue weighted by Gasteiger charge is -2.11. The van der Waals surface area contributed by atoms with Gasteiger partial charge in [-0.15, -0.1) is 0 Å². The Bertz CT molecular complexity index is 345. The molecule has 0 unspecified atom stereocenters. The zero-order valence-corrected chi connectivity index (χ0v) is 10.1. The summed E-state index contributed by atoms with van der Waals surface area (Å²) in [7, 11) is 0. The molecule has 6 nitrogen and oxygen atoms in total. The molecule has 0 aromatic heterocycles. The third-order valence-electron chi connectivity index (χ3n) is 2.24. The third kappa shape index (κ3) is 6.07. The van der Waals surface area contributed by atoms with Crippen molar-refractivity contribution < 1.29 is 19.8 Å². The second-order valence-electron chi connectivity index (χ2n) is 3.67. The van der Waals surface area contributed by atoms with Gasteiger partial charge in [0.1, 0.15) is 12.4 Å². The summed E-state index contributed by atoms with van der Waals surface area (Å²) in [6, 6.07) is 9.51. The van der Waals surface area contributed by atoms with Crippen LogP contribution in [0.3, 0.4) is 0 Å². The van der Waals surface area contributed by atoms with Crippen LogP contribution in [-0.4, -0.2) is 47.7 Å². The SMILES string of the molecule is O=C(O)N(O)CCCNCCOc1ccccc1. The molecule has 0 saturated carbocycles. The highest BCUT2D eigenvalue weighted by Crippen LogP contribution is 2.07. The average molecular weight is 254 g/mol. The van der Waals surface area contributed by atoms with Gasteiger partial charge in [0.25, 0.3) is 0 Å². The van der Waals surface area contributed by atoms with Crippen LogP contribution in [0.2, 0.25) is 0 Å². The van der Waals surface area contributed by atoms with Gasteiger partial charge in [0, 0.05) is 6.54 Å². The third-order valence-corrected chi connectivity index (χ3v) is 2.24. The highest BCUT2D eigenvalue weighted by molar-refractivity contribution is 5.63. The minimum atomic E-state index is -1.33. The summed E-state index contributed by atoms with van der Waals surface area (Å²) < 4.78 is 5.46. The van der Waals surface area contributed by atoms with Gasteiger partial charge in [-0.3, -0.25) is 5.21 Å². The van der Waals surface area contributed by atoms with Crippen molar-refractivity contribution in [3.8, 4) is 5.75 Å². The molecule has 0 aliphatic rings. The average Bonchev–Trinajstić information content (AvgIpc) is 2.38. The quantitative estimate of drug-likeness (QED) is 0.371. The molecule has 0 radical (unpaired) electrons. The number of ether oxygens (including phenoxy) is 1. The van der Waals surface area contributed by atoms with Gasteiger partial charge in [0.2, 0.25) is 0 Å². The summed E-state index contributed by atoms with van der Waals surface area (Å²) in [5.74, 6) is 0.826. The molecular formula is C12H18N2O4. The fourth-order valence-electron chi connectivity index (χ4n) is 1.33. The minimum absolute atomic E-state index is 0.0991. The van der Waals surface area contributed by atoms with Gasteiger partial charge in [-0.1, -0.05) is 18.2 Å². The number of hydrogen-bond acceptors (Lipinski definition) is 4. The van der Waals surface area contributed by atoms with Gasteiger partial charge >= 0.3 is 6.09 Å². The number of benzene rings is 1. The lowest BCUT2D eigenvalue weighted by Crippen LogP contribution is -2.30. The molecule has 100 valence electrons. The van der Waals surface area contributed by atoms with Gasteiger partial charge in [0.15, 0.2) is 0 Å². The van der Waals surface area contributed by atoms with Crippen LogP contribution < -0.4 is 10.1 Å². The van der Waals surface area contributed by atoms with Gasteiger partial charge < -0.3 is 15.2 Å². The molecule has 6 heteroatoms. The Labute approximate surface area is 106 Å². The van der Waals surface area contributed by atoms with E-state index >= 15 is 0 Å². The Morgan fingerprint density at radius 1 is 1.28 bits per heavy atom. The molecule has 0 fully saturated rings. The Hall–Kier alpha value is -1.79. The topological polar surface area (TPSA) is 82.0 Å². The smallest absolute Gasteiger partial charge is 0.431 e. The van der Waals surface area contributed by atoms with Crippen molar-refractivity contribution in [2.75, 3.05) is 26.2 Å². The number of rotatable bonds is 8. The fraction of sp³-hybridized carbons (Fsp3) is 0.417. The van der Waals surface area contributed by atoms with Crippen LogP contribution in [-0.2, 0) is 0 Å². The monoisotopic (exact) mass is 254 g/mol. The summed E-state index contributed by atoms with van der Waals surface area (Å²) >= 11 is 0. The Morgan fingerprint density at radius 3 is 2.67 bits per heavy atom.